The predicted molar refractivity (Wildman–Crippen MR) is 66.7 cm³/mol. The molecule has 1 N–H and O–H groups in total. The first-order valence-electron chi connectivity index (χ1n) is 5.68. The fourth-order valence-corrected chi connectivity index (χ4v) is 1.42. The van der Waals surface area contributed by atoms with Gasteiger partial charge < -0.3 is 19.3 Å². The monoisotopic (exact) mass is 268 g/mol. The van der Waals surface area contributed by atoms with Crippen molar-refractivity contribution in [1.82, 2.24) is 0 Å². The van der Waals surface area contributed by atoms with Gasteiger partial charge in [0.05, 0.1) is 13.2 Å². The Bertz CT molecular complexity index is 466. The molecule has 0 unspecified atom stereocenters. The van der Waals surface area contributed by atoms with Gasteiger partial charge in [-0.1, -0.05) is 6.07 Å². The Hall–Kier alpha value is -2.24. The quantitative estimate of drug-likeness (QED) is 0.791. The molecule has 0 aromatic heterocycles. The summed E-state index contributed by atoms with van der Waals surface area (Å²) in [6.45, 7) is 3.05. The van der Waals surface area contributed by atoms with E-state index in [1.54, 1.807) is 19.9 Å². The van der Waals surface area contributed by atoms with Crippen molar-refractivity contribution >= 4 is 11.9 Å². The SMILES string of the molecule is COc1cccc(C(=O)O)c1OCC(=O)OC(C)C. The van der Waals surface area contributed by atoms with Crippen LogP contribution < -0.4 is 9.47 Å². The fourth-order valence-electron chi connectivity index (χ4n) is 1.42. The molecule has 0 heterocycles. The number of rotatable bonds is 6. The zero-order valence-corrected chi connectivity index (χ0v) is 11.0. The third-order valence-corrected chi connectivity index (χ3v) is 2.13. The molecule has 0 aliphatic heterocycles. The van der Waals surface area contributed by atoms with Gasteiger partial charge in [0.2, 0.25) is 0 Å². The fraction of sp³-hybridized carbons (Fsp3) is 0.385. The van der Waals surface area contributed by atoms with E-state index in [2.05, 4.69) is 0 Å². The van der Waals surface area contributed by atoms with Crippen molar-refractivity contribution in [1.29, 1.82) is 0 Å². The average Bonchev–Trinajstić information content (AvgIpc) is 2.34. The first-order chi connectivity index (χ1) is 8.95. The largest absolute Gasteiger partial charge is 0.493 e. The molecule has 1 aromatic rings. The number of carbonyl (C=O) groups is 2. The highest BCUT2D eigenvalue weighted by atomic mass is 16.6. The summed E-state index contributed by atoms with van der Waals surface area (Å²) in [5.74, 6) is -1.47. The Labute approximate surface area is 110 Å². The Kier molecular flexibility index (Phi) is 5.17. The molecule has 1 aromatic carbocycles. The summed E-state index contributed by atoms with van der Waals surface area (Å²) in [4.78, 5) is 22.4. The van der Waals surface area contributed by atoms with Crippen molar-refractivity contribution < 1.29 is 28.9 Å². The zero-order valence-electron chi connectivity index (χ0n) is 11.0. The summed E-state index contributed by atoms with van der Waals surface area (Å²) in [7, 11) is 1.39. The van der Waals surface area contributed by atoms with Crippen molar-refractivity contribution in [3.63, 3.8) is 0 Å². The summed E-state index contributed by atoms with van der Waals surface area (Å²) < 4.78 is 15.1. The van der Waals surface area contributed by atoms with Gasteiger partial charge in [-0.2, -0.15) is 0 Å². The number of methoxy groups -OCH3 is 1. The average molecular weight is 268 g/mol. The zero-order chi connectivity index (χ0) is 14.4. The number of ether oxygens (including phenoxy) is 3. The van der Waals surface area contributed by atoms with Crippen molar-refractivity contribution in [2.45, 2.75) is 20.0 Å². The molecular weight excluding hydrogens is 252 g/mol. The summed E-state index contributed by atoms with van der Waals surface area (Å²) in [5, 5.41) is 9.04. The van der Waals surface area contributed by atoms with Gasteiger partial charge in [-0.25, -0.2) is 9.59 Å². The number of para-hydroxylation sites is 1. The van der Waals surface area contributed by atoms with Gasteiger partial charge in [0.25, 0.3) is 0 Å². The van der Waals surface area contributed by atoms with Gasteiger partial charge in [-0.3, -0.25) is 0 Å². The van der Waals surface area contributed by atoms with E-state index in [0.29, 0.717) is 0 Å². The van der Waals surface area contributed by atoms with Crippen molar-refractivity contribution in [2.75, 3.05) is 13.7 Å². The molecule has 19 heavy (non-hydrogen) atoms. The summed E-state index contributed by atoms with van der Waals surface area (Å²) in [6.07, 6.45) is -0.257. The number of carboxylic acids is 1. The lowest BCUT2D eigenvalue weighted by atomic mass is 10.2. The number of carboxylic acid groups (broad SMARTS) is 1. The Morgan fingerprint density at radius 3 is 2.53 bits per heavy atom. The van der Waals surface area contributed by atoms with Crippen LogP contribution in [0.5, 0.6) is 11.5 Å². The molecule has 6 heteroatoms. The van der Waals surface area contributed by atoms with E-state index < -0.39 is 11.9 Å². The van der Waals surface area contributed by atoms with Gasteiger partial charge in [-0.05, 0) is 26.0 Å². The molecule has 0 aliphatic carbocycles. The highest BCUT2D eigenvalue weighted by Crippen LogP contribution is 2.31. The lowest BCUT2D eigenvalue weighted by Gasteiger charge is -2.13. The molecule has 6 nitrogen and oxygen atoms in total. The summed E-state index contributed by atoms with van der Waals surface area (Å²) in [6, 6.07) is 4.45. The van der Waals surface area contributed by atoms with Crippen LogP contribution in [0.4, 0.5) is 0 Å². The van der Waals surface area contributed by atoms with Gasteiger partial charge in [-0.15, -0.1) is 0 Å². The molecule has 0 saturated heterocycles. The second-order valence-corrected chi connectivity index (χ2v) is 3.97. The minimum atomic E-state index is -1.16. The van der Waals surface area contributed by atoms with Gasteiger partial charge in [0.15, 0.2) is 18.1 Å². The second-order valence-electron chi connectivity index (χ2n) is 3.97. The summed E-state index contributed by atoms with van der Waals surface area (Å²) in [5.41, 5.74) is -0.0725. The smallest absolute Gasteiger partial charge is 0.344 e. The third kappa shape index (κ3) is 4.17. The molecular formula is C13H16O6. The van der Waals surface area contributed by atoms with Crippen LogP contribution in [0.3, 0.4) is 0 Å². The summed E-state index contributed by atoms with van der Waals surface area (Å²) >= 11 is 0. The van der Waals surface area contributed by atoms with Crippen LogP contribution in [0.1, 0.15) is 24.2 Å². The molecule has 0 saturated carbocycles. The van der Waals surface area contributed by atoms with Crippen LogP contribution in [0, 0.1) is 0 Å². The highest BCUT2D eigenvalue weighted by molar-refractivity contribution is 5.92. The normalized spacial score (nSPS) is 10.1. The molecule has 0 aliphatic rings. The Balaban J connectivity index is 2.87. The van der Waals surface area contributed by atoms with Crippen LogP contribution in [-0.2, 0) is 9.53 Å². The number of hydrogen-bond donors (Lipinski definition) is 1. The number of esters is 1. The maximum Gasteiger partial charge on any atom is 0.344 e. The third-order valence-electron chi connectivity index (χ3n) is 2.13. The minimum absolute atomic E-state index is 0.0122. The molecule has 0 fully saturated rings. The molecule has 0 amide bonds. The number of hydrogen-bond acceptors (Lipinski definition) is 5. The van der Waals surface area contributed by atoms with E-state index >= 15 is 0 Å². The first kappa shape index (κ1) is 14.8. The van der Waals surface area contributed by atoms with Crippen molar-refractivity contribution in [3.05, 3.63) is 23.8 Å². The van der Waals surface area contributed by atoms with Crippen LogP contribution in [0.15, 0.2) is 18.2 Å². The molecule has 0 atom stereocenters. The number of carbonyl (C=O) groups excluding carboxylic acids is 1. The van der Waals surface area contributed by atoms with E-state index in [9.17, 15) is 9.59 Å². The maximum atomic E-state index is 11.4. The van der Waals surface area contributed by atoms with Crippen molar-refractivity contribution in [3.8, 4) is 11.5 Å². The van der Waals surface area contributed by atoms with Crippen LogP contribution in [-0.4, -0.2) is 36.9 Å². The highest BCUT2D eigenvalue weighted by Gasteiger charge is 2.18. The number of aromatic carboxylic acids is 1. The van der Waals surface area contributed by atoms with Gasteiger partial charge >= 0.3 is 11.9 Å². The van der Waals surface area contributed by atoms with E-state index in [1.807, 2.05) is 0 Å². The van der Waals surface area contributed by atoms with Gasteiger partial charge in [0, 0.05) is 0 Å². The maximum absolute atomic E-state index is 11.4. The molecule has 0 spiro atoms. The van der Waals surface area contributed by atoms with E-state index in [0.717, 1.165) is 0 Å². The van der Waals surface area contributed by atoms with Crippen LogP contribution in [0.25, 0.3) is 0 Å². The lowest BCUT2D eigenvalue weighted by molar-refractivity contribution is -0.149. The van der Waals surface area contributed by atoms with E-state index in [-0.39, 0.29) is 29.8 Å². The van der Waals surface area contributed by atoms with E-state index in [1.165, 1.54) is 19.2 Å². The number of benzene rings is 1. The predicted octanol–water partition coefficient (Wildman–Crippen LogP) is 1.72. The van der Waals surface area contributed by atoms with Crippen molar-refractivity contribution in [2.24, 2.45) is 0 Å². The Morgan fingerprint density at radius 1 is 1.32 bits per heavy atom. The van der Waals surface area contributed by atoms with Crippen LogP contribution >= 0.6 is 0 Å². The second kappa shape index (κ2) is 6.63. The first-order valence-corrected chi connectivity index (χ1v) is 5.68. The Morgan fingerprint density at radius 2 is 2.00 bits per heavy atom. The molecule has 0 bridgehead atoms. The molecule has 0 radical (unpaired) electrons. The standard InChI is InChI=1S/C13H16O6/c1-8(2)19-11(14)7-18-12-9(13(15)16)5-4-6-10(12)17-3/h4-6,8H,7H2,1-3H3,(H,15,16). The van der Waals surface area contributed by atoms with Crippen LogP contribution in [0.2, 0.25) is 0 Å². The van der Waals surface area contributed by atoms with E-state index in [4.69, 9.17) is 19.3 Å². The topological polar surface area (TPSA) is 82.1 Å². The lowest BCUT2D eigenvalue weighted by Crippen LogP contribution is -2.19. The molecule has 104 valence electrons. The molecule has 1 rings (SSSR count). The minimum Gasteiger partial charge on any atom is -0.493 e. The van der Waals surface area contributed by atoms with Gasteiger partial charge in [0.1, 0.15) is 5.56 Å².